The Kier molecular flexibility index (Phi) is 6.43. The summed E-state index contributed by atoms with van der Waals surface area (Å²) < 4.78 is 19.5. The highest BCUT2D eigenvalue weighted by Crippen LogP contribution is 2.31. The van der Waals surface area contributed by atoms with Gasteiger partial charge in [0.1, 0.15) is 11.4 Å². The van der Waals surface area contributed by atoms with Crippen LogP contribution < -0.4 is 5.32 Å². The number of fused-ring (bicyclic) bond motifs is 1. The van der Waals surface area contributed by atoms with Crippen molar-refractivity contribution in [2.45, 2.75) is 25.7 Å². The van der Waals surface area contributed by atoms with Crippen LogP contribution >= 0.6 is 0 Å². The van der Waals surface area contributed by atoms with Crippen molar-refractivity contribution in [1.82, 2.24) is 4.90 Å². The molecule has 188 valence electrons. The van der Waals surface area contributed by atoms with Crippen LogP contribution in [-0.4, -0.2) is 34.7 Å². The Morgan fingerprint density at radius 2 is 1.76 bits per heavy atom. The molecule has 2 amide bonds. The summed E-state index contributed by atoms with van der Waals surface area (Å²) in [6.07, 6.45) is 1.40. The fraction of sp³-hybridized carbons (Fsp3) is 0.214. The summed E-state index contributed by atoms with van der Waals surface area (Å²) >= 11 is 0. The monoisotopic (exact) mass is 501 g/mol. The van der Waals surface area contributed by atoms with Crippen molar-refractivity contribution in [3.8, 4) is 0 Å². The average molecular weight is 502 g/mol. The number of nitro groups is 1. The lowest BCUT2D eigenvalue weighted by atomic mass is 9.89. The zero-order chi connectivity index (χ0) is 26.1. The topological polar surface area (TPSA) is 106 Å². The number of hydrogen-bond acceptors (Lipinski definition) is 5. The molecule has 0 atom stereocenters. The van der Waals surface area contributed by atoms with E-state index in [1.165, 1.54) is 0 Å². The first kappa shape index (κ1) is 24.2. The summed E-state index contributed by atoms with van der Waals surface area (Å²) in [6, 6.07) is 18.0. The van der Waals surface area contributed by atoms with E-state index in [-0.39, 0.29) is 23.1 Å². The molecule has 0 saturated carbocycles. The van der Waals surface area contributed by atoms with E-state index in [4.69, 9.17) is 4.42 Å². The molecule has 0 radical (unpaired) electrons. The van der Waals surface area contributed by atoms with Crippen LogP contribution in [-0.2, 0) is 0 Å². The van der Waals surface area contributed by atoms with Crippen molar-refractivity contribution >= 4 is 34.2 Å². The van der Waals surface area contributed by atoms with E-state index in [1.54, 1.807) is 4.90 Å². The van der Waals surface area contributed by atoms with Gasteiger partial charge in [-0.2, -0.15) is 0 Å². The number of likely N-dealkylation sites (tertiary alicyclic amines) is 1. The van der Waals surface area contributed by atoms with Gasteiger partial charge in [0.15, 0.2) is 5.76 Å². The molecular formula is C28H24FN3O5. The number of piperidine rings is 1. The lowest BCUT2D eigenvalue weighted by Crippen LogP contribution is -2.38. The van der Waals surface area contributed by atoms with Crippen LogP contribution in [0, 0.1) is 22.9 Å². The highest BCUT2D eigenvalue weighted by atomic mass is 19.1. The maximum Gasteiger partial charge on any atom is 0.291 e. The maximum atomic E-state index is 13.8. The predicted octanol–water partition coefficient (Wildman–Crippen LogP) is 6.06. The zero-order valence-corrected chi connectivity index (χ0v) is 20.1. The van der Waals surface area contributed by atoms with Crippen LogP contribution in [0.2, 0.25) is 0 Å². The molecule has 9 heteroatoms. The summed E-state index contributed by atoms with van der Waals surface area (Å²) in [6.45, 7) is 2.77. The van der Waals surface area contributed by atoms with Crippen molar-refractivity contribution in [1.29, 1.82) is 0 Å². The van der Waals surface area contributed by atoms with Gasteiger partial charge >= 0.3 is 0 Å². The van der Waals surface area contributed by atoms with Crippen LogP contribution in [0.1, 0.15) is 50.8 Å². The number of amides is 2. The first-order valence-corrected chi connectivity index (χ1v) is 11.9. The number of anilines is 1. The van der Waals surface area contributed by atoms with Crippen molar-refractivity contribution in [3.63, 3.8) is 0 Å². The number of aryl methyl sites for hydroxylation is 1. The first-order chi connectivity index (χ1) is 17.8. The fourth-order valence-electron chi connectivity index (χ4n) is 4.82. The number of benzene rings is 3. The van der Waals surface area contributed by atoms with Gasteiger partial charge in [0, 0.05) is 41.4 Å². The Hall–Kier alpha value is -4.53. The molecule has 37 heavy (non-hydrogen) atoms. The van der Waals surface area contributed by atoms with E-state index in [2.05, 4.69) is 5.32 Å². The number of rotatable bonds is 5. The van der Waals surface area contributed by atoms with Crippen LogP contribution in [0.5, 0.6) is 0 Å². The Morgan fingerprint density at radius 1 is 1.05 bits per heavy atom. The van der Waals surface area contributed by atoms with Gasteiger partial charge < -0.3 is 14.6 Å². The summed E-state index contributed by atoms with van der Waals surface area (Å²) in [7, 11) is 0. The van der Waals surface area contributed by atoms with Crippen molar-refractivity contribution in [2.24, 2.45) is 0 Å². The molecule has 8 nitrogen and oxygen atoms in total. The number of carbonyl (C=O) groups is 2. The number of para-hydroxylation sites is 1. The Labute approximate surface area is 211 Å². The normalized spacial score (nSPS) is 14.1. The van der Waals surface area contributed by atoms with E-state index in [0.29, 0.717) is 37.2 Å². The third-order valence-corrected chi connectivity index (χ3v) is 6.81. The lowest BCUT2D eigenvalue weighted by molar-refractivity contribution is -0.385. The second-order valence-corrected chi connectivity index (χ2v) is 9.15. The molecule has 0 spiro atoms. The molecular weight excluding hydrogens is 477 g/mol. The molecule has 0 bridgehead atoms. The third-order valence-electron chi connectivity index (χ3n) is 6.81. The van der Waals surface area contributed by atoms with Crippen LogP contribution in [0.3, 0.4) is 0 Å². The van der Waals surface area contributed by atoms with E-state index in [0.717, 1.165) is 34.7 Å². The van der Waals surface area contributed by atoms with Gasteiger partial charge in [-0.3, -0.25) is 19.7 Å². The van der Waals surface area contributed by atoms with Gasteiger partial charge in [0.05, 0.1) is 11.0 Å². The molecule has 1 saturated heterocycles. The summed E-state index contributed by atoms with van der Waals surface area (Å²) in [5.74, 6) is -1.04. The molecule has 1 N–H and O–H groups in total. The number of nitrogens with zero attached hydrogens (tertiary/aromatic N) is 2. The number of halogens is 1. The molecule has 3 aromatic carbocycles. The number of furan rings is 1. The highest BCUT2D eigenvalue weighted by molar-refractivity contribution is 6.06. The smallest absolute Gasteiger partial charge is 0.291 e. The van der Waals surface area contributed by atoms with Gasteiger partial charge in [0.25, 0.3) is 17.5 Å². The number of nitrogens with one attached hydrogen (secondary N) is 1. The minimum atomic E-state index is -0.810. The minimum Gasteiger partial charge on any atom is -0.451 e. The molecule has 1 aliphatic rings. The van der Waals surface area contributed by atoms with E-state index in [9.17, 15) is 24.1 Å². The Bertz CT molecular complexity index is 1500. The Morgan fingerprint density at radius 3 is 2.43 bits per heavy atom. The minimum absolute atomic E-state index is 0.0232. The standard InChI is InChI=1S/C28H24FN3O5/c1-17-24-4-2-3-5-25(24)37-26(17)27(33)30-22-8-6-18(7-9-22)19-10-12-31(13-11-19)28(34)20-14-21(29)16-23(15-20)32(35)36/h2-9,14-16,19H,10-13H2,1H3,(H,30,33). The SMILES string of the molecule is Cc1c(C(=O)Nc2ccc(C3CCN(C(=O)c4cc(F)cc([N+](=O)[O-])c4)CC3)cc2)oc2ccccc12. The van der Waals surface area contributed by atoms with Gasteiger partial charge in [-0.15, -0.1) is 0 Å². The largest absolute Gasteiger partial charge is 0.451 e. The van der Waals surface area contributed by atoms with E-state index < -0.39 is 22.3 Å². The van der Waals surface area contributed by atoms with Crippen molar-refractivity contribution in [2.75, 3.05) is 18.4 Å². The molecule has 4 aromatic rings. The molecule has 1 aromatic heterocycles. The van der Waals surface area contributed by atoms with Crippen LogP contribution in [0.25, 0.3) is 11.0 Å². The van der Waals surface area contributed by atoms with Crippen LogP contribution in [0.15, 0.2) is 71.1 Å². The maximum absolute atomic E-state index is 13.8. The second kappa shape index (κ2) is 9.85. The lowest BCUT2D eigenvalue weighted by Gasteiger charge is -2.32. The molecule has 2 heterocycles. The van der Waals surface area contributed by atoms with Gasteiger partial charge in [-0.25, -0.2) is 4.39 Å². The van der Waals surface area contributed by atoms with Crippen LogP contribution in [0.4, 0.5) is 15.8 Å². The fourth-order valence-corrected chi connectivity index (χ4v) is 4.82. The quantitative estimate of drug-likeness (QED) is 0.264. The second-order valence-electron chi connectivity index (χ2n) is 9.15. The van der Waals surface area contributed by atoms with E-state index in [1.807, 2.05) is 55.5 Å². The van der Waals surface area contributed by atoms with Gasteiger partial charge in [0.2, 0.25) is 0 Å². The molecule has 0 aliphatic carbocycles. The number of carbonyl (C=O) groups excluding carboxylic acids is 2. The van der Waals surface area contributed by atoms with Crippen molar-refractivity contribution < 1.29 is 23.3 Å². The zero-order valence-electron chi connectivity index (χ0n) is 20.1. The first-order valence-electron chi connectivity index (χ1n) is 11.9. The molecule has 1 aliphatic heterocycles. The molecule has 5 rings (SSSR count). The van der Waals surface area contributed by atoms with Gasteiger partial charge in [-0.1, -0.05) is 30.3 Å². The highest BCUT2D eigenvalue weighted by Gasteiger charge is 2.26. The van der Waals surface area contributed by atoms with Gasteiger partial charge in [-0.05, 0) is 55.5 Å². The number of nitro benzene ring substituents is 1. The Balaban J connectivity index is 1.20. The predicted molar refractivity (Wildman–Crippen MR) is 136 cm³/mol. The number of non-ortho nitro benzene ring substituents is 1. The summed E-state index contributed by atoms with van der Waals surface area (Å²) in [5.41, 5.74) is 2.73. The third kappa shape index (κ3) is 4.93. The number of hydrogen-bond donors (Lipinski definition) is 1. The van der Waals surface area contributed by atoms with Crippen molar-refractivity contribution in [3.05, 3.63) is 105 Å². The summed E-state index contributed by atoms with van der Waals surface area (Å²) in [4.78, 5) is 37.5. The van der Waals surface area contributed by atoms with E-state index >= 15 is 0 Å². The molecule has 0 unspecified atom stereocenters. The summed E-state index contributed by atoms with van der Waals surface area (Å²) in [5, 5.41) is 14.8. The average Bonchev–Trinajstić information content (AvgIpc) is 3.25. The molecule has 1 fully saturated rings.